The molecular formula is C31H34ClFN6O2. The quantitative estimate of drug-likeness (QED) is 0.155. The van der Waals surface area contributed by atoms with Gasteiger partial charge in [-0.05, 0) is 55.7 Å². The van der Waals surface area contributed by atoms with Crippen LogP contribution in [0.1, 0.15) is 43.5 Å². The lowest BCUT2D eigenvalue weighted by atomic mass is 10.0. The molecule has 1 unspecified atom stereocenters. The highest BCUT2D eigenvalue weighted by molar-refractivity contribution is 6.33. The standard InChI is InChI=1S/C31H34ClFN6O2/c1-7-26(41)37-14-15-38(21(5)17-37)30(34-6)23-16-24(32)28(22-10-8-9-11-25(22)33)36-31(23)39(18-40)29-20(4)12-13-35-27(29)19(2)3/h7-13,16,18-19,21H,1,14-15,17H2,2-6H3/b34-30+. The molecule has 0 saturated carbocycles. The Morgan fingerprint density at radius 2 is 2.00 bits per heavy atom. The van der Waals surface area contributed by atoms with E-state index in [1.54, 1.807) is 42.4 Å². The summed E-state index contributed by atoms with van der Waals surface area (Å²) in [5, 5.41) is 0.209. The summed E-state index contributed by atoms with van der Waals surface area (Å²) in [6.45, 7) is 12.9. The highest BCUT2D eigenvalue weighted by Crippen LogP contribution is 2.39. The van der Waals surface area contributed by atoms with Crippen molar-refractivity contribution < 1.29 is 14.0 Å². The molecule has 3 aromatic rings. The molecule has 0 N–H and O–H groups in total. The third kappa shape index (κ3) is 5.86. The number of aliphatic imine (C=N–C) groups is 1. The minimum absolute atomic E-state index is 0.00366. The van der Waals surface area contributed by atoms with Crippen molar-refractivity contribution >= 4 is 41.3 Å². The van der Waals surface area contributed by atoms with Crippen LogP contribution in [0, 0.1) is 12.7 Å². The predicted octanol–water partition coefficient (Wildman–Crippen LogP) is 5.76. The third-order valence-corrected chi connectivity index (χ3v) is 7.49. The number of piperazine rings is 1. The van der Waals surface area contributed by atoms with Gasteiger partial charge >= 0.3 is 0 Å². The Bertz CT molecular complexity index is 1510. The number of pyridine rings is 2. The van der Waals surface area contributed by atoms with E-state index >= 15 is 0 Å². The lowest BCUT2D eigenvalue weighted by Crippen LogP contribution is -2.55. The zero-order valence-corrected chi connectivity index (χ0v) is 24.7. The molecule has 2 amide bonds. The van der Waals surface area contributed by atoms with Gasteiger partial charge in [-0.2, -0.15) is 0 Å². The average Bonchev–Trinajstić information content (AvgIpc) is 2.96. The smallest absolute Gasteiger partial charge is 0.246 e. The van der Waals surface area contributed by atoms with E-state index in [0.717, 1.165) is 5.56 Å². The predicted molar refractivity (Wildman–Crippen MR) is 161 cm³/mol. The van der Waals surface area contributed by atoms with E-state index in [1.165, 1.54) is 17.0 Å². The van der Waals surface area contributed by atoms with E-state index in [9.17, 15) is 14.0 Å². The first-order valence-corrected chi connectivity index (χ1v) is 13.8. The van der Waals surface area contributed by atoms with Crippen molar-refractivity contribution in [2.45, 2.75) is 39.7 Å². The minimum Gasteiger partial charge on any atom is -0.350 e. The minimum atomic E-state index is -0.486. The number of nitrogens with zero attached hydrogens (tertiary/aromatic N) is 6. The Hall–Kier alpha value is -4.11. The highest BCUT2D eigenvalue weighted by atomic mass is 35.5. The zero-order valence-electron chi connectivity index (χ0n) is 23.9. The van der Waals surface area contributed by atoms with Gasteiger partial charge in [-0.1, -0.05) is 44.2 Å². The molecule has 0 spiro atoms. The number of halogens is 2. The first kappa shape index (κ1) is 29.9. The Balaban J connectivity index is 1.95. The van der Waals surface area contributed by atoms with Gasteiger partial charge in [-0.15, -0.1) is 0 Å². The van der Waals surface area contributed by atoms with Gasteiger partial charge in [0.1, 0.15) is 11.7 Å². The second kappa shape index (κ2) is 12.6. The number of benzene rings is 1. The average molecular weight is 577 g/mol. The summed E-state index contributed by atoms with van der Waals surface area (Å²) in [5.74, 6) is 0.181. The fourth-order valence-electron chi connectivity index (χ4n) is 5.19. The molecule has 1 aliphatic heterocycles. The summed E-state index contributed by atoms with van der Waals surface area (Å²) >= 11 is 6.79. The van der Waals surface area contributed by atoms with E-state index in [1.807, 2.05) is 33.8 Å². The highest BCUT2D eigenvalue weighted by Gasteiger charge is 2.32. The molecule has 1 atom stereocenters. The van der Waals surface area contributed by atoms with Crippen LogP contribution in [-0.4, -0.2) is 70.6 Å². The van der Waals surface area contributed by atoms with Gasteiger partial charge in [0.15, 0.2) is 5.82 Å². The van der Waals surface area contributed by atoms with Gasteiger partial charge < -0.3 is 9.80 Å². The van der Waals surface area contributed by atoms with Crippen LogP contribution >= 0.6 is 11.6 Å². The van der Waals surface area contributed by atoms with Gasteiger partial charge in [0.25, 0.3) is 0 Å². The molecule has 1 saturated heterocycles. The van der Waals surface area contributed by atoms with Crippen molar-refractivity contribution in [2.24, 2.45) is 4.99 Å². The SMILES string of the molecule is C=CC(=O)N1CCN(/C(=N/C)c2cc(Cl)c(-c3ccccc3F)nc2N(C=O)c2c(C)ccnc2C(C)C)C(C)C1. The largest absolute Gasteiger partial charge is 0.350 e. The molecule has 8 nitrogen and oxygen atoms in total. The van der Waals surface area contributed by atoms with Crippen molar-refractivity contribution in [3.63, 3.8) is 0 Å². The summed E-state index contributed by atoms with van der Waals surface area (Å²) in [6.07, 6.45) is 3.71. The van der Waals surface area contributed by atoms with Gasteiger partial charge in [-0.25, -0.2) is 9.37 Å². The first-order chi connectivity index (χ1) is 19.6. The van der Waals surface area contributed by atoms with Crippen LogP contribution in [0.15, 0.2) is 60.2 Å². The summed E-state index contributed by atoms with van der Waals surface area (Å²) in [4.78, 5) is 44.5. The topological polar surface area (TPSA) is 82.0 Å². The second-order valence-corrected chi connectivity index (χ2v) is 10.6. The summed E-state index contributed by atoms with van der Waals surface area (Å²) < 4.78 is 15.0. The van der Waals surface area contributed by atoms with E-state index < -0.39 is 5.82 Å². The molecular weight excluding hydrogens is 543 g/mol. The van der Waals surface area contributed by atoms with E-state index in [4.69, 9.17) is 16.6 Å². The molecule has 0 bridgehead atoms. The Labute approximate surface area is 245 Å². The number of aromatic nitrogens is 2. The number of hydrogen-bond acceptors (Lipinski definition) is 5. The van der Waals surface area contributed by atoms with Crippen molar-refractivity contribution in [1.29, 1.82) is 0 Å². The third-order valence-electron chi connectivity index (χ3n) is 7.20. The van der Waals surface area contributed by atoms with Gasteiger partial charge in [0.2, 0.25) is 12.3 Å². The number of amides is 2. The first-order valence-electron chi connectivity index (χ1n) is 13.4. The van der Waals surface area contributed by atoms with Crippen LogP contribution < -0.4 is 4.90 Å². The molecule has 1 aliphatic rings. The van der Waals surface area contributed by atoms with Crippen LogP contribution in [0.4, 0.5) is 15.9 Å². The Morgan fingerprint density at radius 3 is 2.61 bits per heavy atom. The fourth-order valence-corrected chi connectivity index (χ4v) is 5.44. The summed E-state index contributed by atoms with van der Waals surface area (Å²) in [6, 6.07) is 9.63. The van der Waals surface area contributed by atoms with E-state index in [-0.39, 0.29) is 40.0 Å². The second-order valence-electron chi connectivity index (χ2n) is 10.2. The summed E-state index contributed by atoms with van der Waals surface area (Å²) in [7, 11) is 1.66. The number of amidine groups is 1. The molecule has 2 aromatic heterocycles. The van der Waals surface area contributed by atoms with Crippen LogP contribution in [0.2, 0.25) is 5.02 Å². The number of aryl methyl sites for hydroxylation is 1. The van der Waals surface area contributed by atoms with E-state index in [2.05, 4.69) is 21.5 Å². The molecule has 1 fully saturated rings. The summed E-state index contributed by atoms with van der Waals surface area (Å²) in [5.41, 5.74) is 3.05. The maximum Gasteiger partial charge on any atom is 0.246 e. The number of hydrogen-bond donors (Lipinski definition) is 0. The molecule has 1 aromatic carbocycles. The normalized spacial score (nSPS) is 15.7. The fraction of sp³-hybridized carbons (Fsp3) is 0.323. The van der Waals surface area contributed by atoms with Crippen molar-refractivity contribution in [2.75, 3.05) is 31.6 Å². The number of carbonyl (C=O) groups excluding carboxylic acids is 2. The van der Waals surface area contributed by atoms with Crippen LogP contribution in [0.5, 0.6) is 0 Å². The molecule has 4 rings (SSSR count). The van der Waals surface area contributed by atoms with Gasteiger partial charge in [0, 0.05) is 44.5 Å². The van der Waals surface area contributed by atoms with Crippen LogP contribution in [0.25, 0.3) is 11.3 Å². The molecule has 41 heavy (non-hydrogen) atoms. The Kier molecular flexibility index (Phi) is 9.18. The van der Waals surface area contributed by atoms with Gasteiger partial charge in [-0.3, -0.25) is 24.5 Å². The van der Waals surface area contributed by atoms with E-state index in [0.29, 0.717) is 48.8 Å². The molecule has 214 valence electrons. The van der Waals surface area contributed by atoms with Crippen LogP contribution in [-0.2, 0) is 9.59 Å². The molecule has 0 aliphatic carbocycles. The van der Waals surface area contributed by atoms with Crippen molar-refractivity contribution in [3.8, 4) is 11.3 Å². The Morgan fingerprint density at radius 1 is 1.27 bits per heavy atom. The number of carbonyl (C=O) groups is 2. The zero-order chi connectivity index (χ0) is 29.8. The van der Waals surface area contributed by atoms with Crippen molar-refractivity contribution in [1.82, 2.24) is 19.8 Å². The maximum absolute atomic E-state index is 15.0. The van der Waals surface area contributed by atoms with Crippen molar-refractivity contribution in [3.05, 3.63) is 82.9 Å². The number of rotatable bonds is 7. The monoisotopic (exact) mass is 576 g/mol. The molecule has 3 heterocycles. The molecule has 10 heteroatoms. The number of anilines is 2. The van der Waals surface area contributed by atoms with Gasteiger partial charge in [0.05, 0.1) is 27.7 Å². The lowest BCUT2D eigenvalue weighted by Gasteiger charge is -2.41. The van der Waals surface area contributed by atoms with Crippen LogP contribution in [0.3, 0.4) is 0 Å². The maximum atomic E-state index is 15.0. The lowest BCUT2D eigenvalue weighted by molar-refractivity contribution is -0.128. The molecule has 0 radical (unpaired) electrons.